The van der Waals surface area contributed by atoms with Gasteiger partial charge in [-0.25, -0.2) is 13.9 Å². The number of aryl methyl sites for hydroxylation is 1. The highest BCUT2D eigenvalue weighted by Crippen LogP contribution is 2.38. The lowest BCUT2D eigenvalue weighted by atomic mass is 10.1. The van der Waals surface area contributed by atoms with Crippen molar-refractivity contribution in [2.75, 3.05) is 0 Å². The van der Waals surface area contributed by atoms with Crippen LogP contribution in [-0.2, 0) is 6.61 Å². The van der Waals surface area contributed by atoms with Crippen LogP contribution in [0, 0.1) is 12.7 Å². The number of hydrogen-bond donors (Lipinski definition) is 1. The number of amides is 1. The molecule has 0 aliphatic rings. The smallest absolute Gasteiger partial charge is 0.261 e. The predicted octanol–water partition coefficient (Wildman–Crippen LogP) is 5.25. The third-order valence-corrected chi connectivity index (χ3v) is 6.31. The van der Waals surface area contributed by atoms with Crippen molar-refractivity contribution >= 4 is 22.8 Å². The van der Waals surface area contributed by atoms with Gasteiger partial charge in [-0.3, -0.25) is 4.79 Å². The van der Waals surface area contributed by atoms with Crippen molar-refractivity contribution in [3.8, 4) is 27.6 Å². The Hall–Kier alpha value is -4.04. The third-order valence-electron chi connectivity index (χ3n) is 5.22. The standard InChI is InChI=1S/C25H19FN4O2S/c1-15-21(25-28-22(23(33-25)24(27)31)18-9-5-6-10-19(18)26)20-13-17(11-12-30(20)29-15)32-14-16-7-3-2-4-8-16/h2-13H,14H2,1H3,(H2,27,31). The zero-order valence-corrected chi connectivity index (χ0v) is 18.5. The fraction of sp³-hybridized carbons (Fsp3) is 0.0800. The summed E-state index contributed by atoms with van der Waals surface area (Å²) >= 11 is 1.13. The molecular formula is C25H19FN4O2S. The largest absolute Gasteiger partial charge is 0.489 e. The molecule has 6 nitrogen and oxygen atoms in total. The number of halogens is 1. The van der Waals surface area contributed by atoms with Gasteiger partial charge in [0.25, 0.3) is 5.91 Å². The Kier molecular flexibility index (Phi) is 5.35. The van der Waals surface area contributed by atoms with E-state index in [4.69, 9.17) is 10.5 Å². The second-order valence-corrected chi connectivity index (χ2v) is 8.47. The van der Waals surface area contributed by atoms with Crippen molar-refractivity contribution in [3.05, 3.63) is 94.9 Å². The number of primary amides is 1. The highest BCUT2D eigenvalue weighted by Gasteiger charge is 2.23. The molecule has 164 valence electrons. The van der Waals surface area contributed by atoms with Crippen molar-refractivity contribution in [2.24, 2.45) is 5.73 Å². The average molecular weight is 459 g/mol. The van der Waals surface area contributed by atoms with Crippen molar-refractivity contribution in [2.45, 2.75) is 13.5 Å². The van der Waals surface area contributed by atoms with Crippen molar-refractivity contribution < 1.29 is 13.9 Å². The Morgan fingerprint density at radius 3 is 2.64 bits per heavy atom. The minimum Gasteiger partial charge on any atom is -0.489 e. The number of carbonyl (C=O) groups is 1. The van der Waals surface area contributed by atoms with E-state index in [9.17, 15) is 9.18 Å². The van der Waals surface area contributed by atoms with Gasteiger partial charge in [0.1, 0.15) is 28.1 Å². The van der Waals surface area contributed by atoms with Gasteiger partial charge < -0.3 is 10.5 Å². The van der Waals surface area contributed by atoms with Gasteiger partial charge in [-0.15, -0.1) is 11.3 Å². The SMILES string of the molecule is Cc1nn2ccc(OCc3ccccc3)cc2c1-c1nc(-c2ccccc2F)c(C(N)=O)s1. The summed E-state index contributed by atoms with van der Waals surface area (Å²) < 4.78 is 22.2. The van der Waals surface area contributed by atoms with Crippen LogP contribution in [0.3, 0.4) is 0 Å². The highest BCUT2D eigenvalue weighted by molar-refractivity contribution is 7.17. The van der Waals surface area contributed by atoms with E-state index in [2.05, 4.69) is 10.1 Å². The second kappa shape index (κ2) is 8.48. The number of thiazole rings is 1. The van der Waals surface area contributed by atoms with Crippen LogP contribution >= 0.6 is 11.3 Å². The zero-order valence-electron chi connectivity index (χ0n) is 17.7. The molecular weight excluding hydrogens is 439 g/mol. The fourth-order valence-corrected chi connectivity index (χ4v) is 4.71. The minimum absolute atomic E-state index is 0.199. The Labute approximate surface area is 193 Å². The molecule has 5 rings (SSSR count). The number of pyridine rings is 1. The first-order valence-electron chi connectivity index (χ1n) is 10.2. The number of benzene rings is 2. The Balaban J connectivity index is 1.58. The Morgan fingerprint density at radius 2 is 1.88 bits per heavy atom. The molecule has 5 aromatic rings. The van der Waals surface area contributed by atoms with Gasteiger partial charge in [0.15, 0.2) is 0 Å². The van der Waals surface area contributed by atoms with E-state index >= 15 is 0 Å². The molecule has 0 unspecified atom stereocenters. The highest BCUT2D eigenvalue weighted by atomic mass is 32.1. The first-order valence-corrected chi connectivity index (χ1v) is 11.0. The molecule has 0 saturated heterocycles. The molecule has 0 spiro atoms. The van der Waals surface area contributed by atoms with E-state index < -0.39 is 11.7 Å². The summed E-state index contributed by atoms with van der Waals surface area (Å²) in [5.41, 5.74) is 9.36. The zero-order chi connectivity index (χ0) is 22.9. The number of nitrogens with two attached hydrogens (primary N) is 1. The normalized spacial score (nSPS) is 11.1. The minimum atomic E-state index is -0.655. The van der Waals surface area contributed by atoms with Crippen LogP contribution in [-0.4, -0.2) is 20.5 Å². The Bertz CT molecular complexity index is 1480. The lowest BCUT2D eigenvalue weighted by Crippen LogP contribution is -2.10. The van der Waals surface area contributed by atoms with E-state index in [-0.39, 0.29) is 16.1 Å². The molecule has 2 aromatic carbocycles. The lowest BCUT2D eigenvalue weighted by Gasteiger charge is -2.07. The molecule has 0 saturated carbocycles. The number of fused-ring (bicyclic) bond motifs is 1. The molecule has 0 atom stereocenters. The number of aromatic nitrogens is 3. The maximum Gasteiger partial charge on any atom is 0.261 e. The molecule has 0 aliphatic carbocycles. The average Bonchev–Trinajstić information content (AvgIpc) is 3.39. The number of rotatable bonds is 6. The topological polar surface area (TPSA) is 82.5 Å². The first-order chi connectivity index (χ1) is 16.0. The second-order valence-electron chi connectivity index (χ2n) is 7.47. The molecule has 3 aromatic heterocycles. The summed E-state index contributed by atoms with van der Waals surface area (Å²) in [5.74, 6) is -0.448. The van der Waals surface area contributed by atoms with Crippen LogP contribution in [0.5, 0.6) is 5.75 Å². The van der Waals surface area contributed by atoms with Crippen LogP contribution in [0.15, 0.2) is 72.9 Å². The van der Waals surface area contributed by atoms with Crippen LogP contribution < -0.4 is 10.5 Å². The predicted molar refractivity (Wildman–Crippen MR) is 126 cm³/mol. The number of ether oxygens (including phenoxy) is 1. The summed E-state index contributed by atoms with van der Waals surface area (Å²) in [6.07, 6.45) is 1.81. The van der Waals surface area contributed by atoms with E-state index in [0.717, 1.165) is 33.7 Å². The molecule has 3 heterocycles. The quantitative estimate of drug-likeness (QED) is 0.377. The molecule has 0 bridgehead atoms. The van der Waals surface area contributed by atoms with Crippen LogP contribution in [0.2, 0.25) is 0 Å². The van der Waals surface area contributed by atoms with Gasteiger partial charge in [0.05, 0.1) is 22.5 Å². The number of carbonyl (C=O) groups excluding carboxylic acids is 1. The Morgan fingerprint density at radius 1 is 1.12 bits per heavy atom. The molecule has 2 N–H and O–H groups in total. The number of hydrogen-bond acceptors (Lipinski definition) is 5. The molecule has 33 heavy (non-hydrogen) atoms. The monoisotopic (exact) mass is 458 g/mol. The molecule has 0 radical (unpaired) electrons. The van der Waals surface area contributed by atoms with Gasteiger partial charge in [-0.05, 0) is 30.7 Å². The van der Waals surface area contributed by atoms with Gasteiger partial charge in [0.2, 0.25) is 0 Å². The molecule has 1 amide bonds. The molecule has 0 fully saturated rings. The summed E-state index contributed by atoms with van der Waals surface area (Å²) in [6.45, 7) is 2.29. The van der Waals surface area contributed by atoms with Crippen molar-refractivity contribution in [3.63, 3.8) is 0 Å². The van der Waals surface area contributed by atoms with E-state index in [1.165, 1.54) is 6.07 Å². The molecule has 8 heteroatoms. The van der Waals surface area contributed by atoms with Crippen molar-refractivity contribution in [1.82, 2.24) is 14.6 Å². The molecule has 0 aliphatic heterocycles. The van der Waals surface area contributed by atoms with Crippen LogP contribution in [0.25, 0.3) is 27.3 Å². The van der Waals surface area contributed by atoms with E-state index in [0.29, 0.717) is 17.4 Å². The third kappa shape index (κ3) is 3.96. The maximum absolute atomic E-state index is 14.5. The summed E-state index contributed by atoms with van der Waals surface area (Å²) in [6, 6.07) is 19.8. The van der Waals surface area contributed by atoms with Gasteiger partial charge in [0, 0.05) is 17.8 Å². The van der Waals surface area contributed by atoms with E-state index in [1.54, 1.807) is 22.7 Å². The van der Waals surface area contributed by atoms with Crippen LogP contribution in [0.4, 0.5) is 4.39 Å². The van der Waals surface area contributed by atoms with Gasteiger partial charge in [-0.1, -0.05) is 42.5 Å². The first kappa shape index (κ1) is 20.8. The lowest BCUT2D eigenvalue weighted by molar-refractivity contribution is 0.100. The van der Waals surface area contributed by atoms with Crippen molar-refractivity contribution in [1.29, 1.82) is 0 Å². The van der Waals surface area contributed by atoms with Gasteiger partial charge >= 0.3 is 0 Å². The summed E-state index contributed by atoms with van der Waals surface area (Å²) in [4.78, 5) is 17.0. The maximum atomic E-state index is 14.5. The number of nitrogens with zero attached hydrogens (tertiary/aromatic N) is 3. The van der Waals surface area contributed by atoms with Crippen LogP contribution in [0.1, 0.15) is 20.9 Å². The fourth-order valence-electron chi connectivity index (χ4n) is 3.67. The van der Waals surface area contributed by atoms with Gasteiger partial charge in [-0.2, -0.15) is 5.10 Å². The van der Waals surface area contributed by atoms with E-state index in [1.807, 2.05) is 55.6 Å². The summed E-state index contributed by atoms with van der Waals surface area (Å²) in [7, 11) is 0. The summed E-state index contributed by atoms with van der Waals surface area (Å²) in [5, 5.41) is 5.10.